The number of amides is 2. The first-order chi connectivity index (χ1) is 22.3. The Morgan fingerprint density at radius 3 is 2.43 bits per heavy atom. The van der Waals surface area contributed by atoms with Crippen LogP contribution in [0.15, 0.2) is 35.7 Å². The molecule has 0 radical (unpaired) electrons. The van der Waals surface area contributed by atoms with Crippen molar-refractivity contribution in [3.05, 3.63) is 52.0 Å². The number of aromatic nitrogens is 1. The van der Waals surface area contributed by atoms with Crippen LogP contribution in [0, 0.1) is 17.8 Å². The van der Waals surface area contributed by atoms with E-state index in [1.807, 2.05) is 37.4 Å². The summed E-state index contributed by atoms with van der Waals surface area (Å²) in [6.07, 6.45) is 4.53. The van der Waals surface area contributed by atoms with Gasteiger partial charge >= 0.3 is 5.97 Å². The maximum atomic E-state index is 14.0. The number of aliphatic carboxylic acids is 1. The first-order valence-corrected chi connectivity index (χ1v) is 18.1. The Hall–Kier alpha value is -2.86. The zero-order valence-electron chi connectivity index (χ0n) is 29.3. The maximum Gasteiger partial charge on any atom is 0.306 e. The molecule has 1 aliphatic rings. The van der Waals surface area contributed by atoms with Gasteiger partial charge in [0.1, 0.15) is 16.8 Å². The molecule has 3 rings (SSSR count). The van der Waals surface area contributed by atoms with Gasteiger partial charge < -0.3 is 30.6 Å². The van der Waals surface area contributed by atoms with E-state index in [0.717, 1.165) is 31.5 Å². The van der Waals surface area contributed by atoms with Crippen LogP contribution in [0.5, 0.6) is 0 Å². The third kappa shape index (κ3) is 11.4. The number of benzene rings is 1. The molecule has 1 unspecified atom stereocenters. The van der Waals surface area contributed by atoms with Gasteiger partial charge in [0.15, 0.2) is 0 Å². The van der Waals surface area contributed by atoms with Gasteiger partial charge in [-0.3, -0.25) is 14.4 Å². The van der Waals surface area contributed by atoms with E-state index < -0.39 is 29.9 Å². The molecule has 1 saturated heterocycles. The van der Waals surface area contributed by atoms with Crippen LogP contribution in [0.1, 0.15) is 100 Å². The number of likely N-dealkylation sites (tertiary alicyclic amines) is 1. The van der Waals surface area contributed by atoms with Crippen LogP contribution in [-0.4, -0.2) is 94.1 Å². The summed E-state index contributed by atoms with van der Waals surface area (Å²) in [6, 6.07) is 9.10. The van der Waals surface area contributed by atoms with E-state index in [4.69, 9.17) is 0 Å². The summed E-state index contributed by atoms with van der Waals surface area (Å²) >= 11 is 1.21. The summed E-state index contributed by atoms with van der Waals surface area (Å²) in [7, 11) is 3.99. The Morgan fingerprint density at radius 2 is 1.81 bits per heavy atom. The fourth-order valence-electron chi connectivity index (χ4n) is 6.45. The van der Waals surface area contributed by atoms with Crippen LogP contribution in [0.4, 0.5) is 0 Å². The van der Waals surface area contributed by atoms with Gasteiger partial charge in [-0.1, -0.05) is 77.8 Å². The van der Waals surface area contributed by atoms with E-state index in [1.54, 1.807) is 17.2 Å². The van der Waals surface area contributed by atoms with Gasteiger partial charge in [0.25, 0.3) is 5.91 Å². The predicted molar refractivity (Wildman–Crippen MR) is 187 cm³/mol. The summed E-state index contributed by atoms with van der Waals surface area (Å²) in [5.41, 5.74) is 1.18. The summed E-state index contributed by atoms with van der Waals surface area (Å²) in [5, 5.41) is 29.4. The predicted octanol–water partition coefficient (Wildman–Crippen LogP) is 4.99. The quantitative estimate of drug-likeness (QED) is 0.174. The number of hydrogen-bond acceptors (Lipinski definition) is 8. The number of aliphatic hydroxyl groups is 1. The van der Waals surface area contributed by atoms with E-state index in [2.05, 4.69) is 55.3 Å². The molecule has 2 aromatic rings. The minimum absolute atomic E-state index is 0.0305. The third-order valence-electron chi connectivity index (χ3n) is 9.81. The average molecular weight is 672 g/mol. The monoisotopic (exact) mass is 671 g/mol. The van der Waals surface area contributed by atoms with Gasteiger partial charge in [0.2, 0.25) is 5.91 Å². The number of carbonyl (C=O) groups is 3. The van der Waals surface area contributed by atoms with Gasteiger partial charge in [-0.15, -0.1) is 11.3 Å². The van der Waals surface area contributed by atoms with Crippen molar-refractivity contribution in [2.24, 2.45) is 17.8 Å². The lowest BCUT2D eigenvalue weighted by molar-refractivity contribution is -0.141. The smallest absolute Gasteiger partial charge is 0.306 e. The summed E-state index contributed by atoms with van der Waals surface area (Å²) in [6.45, 7) is 11.8. The molecule has 2 amide bonds. The van der Waals surface area contributed by atoms with Gasteiger partial charge in [0.05, 0.1) is 12.0 Å². The molecule has 0 aliphatic carbocycles. The normalized spacial score (nSPS) is 19.4. The first-order valence-electron chi connectivity index (χ1n) is 17.2. The summed E-state index contributed by atoms with van der Waals surface area (Å²) in [5.74, 6) is -1.69. The summed E-state index contributed by atoms with van der Waals surface area (Å²) < 4.78 is 0. The fourth-order valence-corrected chi connectivity index (χ4v) is 7.24. The number of carboxylic acid groups (broad SMARTS) is 1. The van der Waals surface area contributed by atoms with Crippen molar-refractivity contribution in [1.29, 1.82) is 0 Å². The first kappa shape index (κ1) is 38.6. The topological polar surface area (TPSA) is 135 Å². The van der Waals surface area contributed by atoms with Crippen molar-refractivity contribution in [2.75, 3.05) is 27.2 Å². The third-order valence-corrected chi connectivity index (χ3v) is 10.8. The molecular weight excluding hydrogens is 614 g/mol. The zero-order chi connectivity index (χ0) is 34.7. The van der Waals surface area contributed by atoms with Crippen molar-refractivity contribution >= 4 is 29.1 Å². The SMILES string of the molecule is CC[C@H](C)[C@H](NCC1CCCCN1C)C(=O)N(C)[C@H](C[C@@H](O)c1nc(C(=O)N[C@@H](Cc2ccccc2)C[C@H](C)C(=O)O)cs1)C(C)C. The van der Waals surface area contributed by atoms with Crippen LogP contribution in [0.25, 0.3) is 0 Å². The highest BCUT2D eigenvalue weighted by Crippen LogP contribution is 2.28. The van der Waals surface area contributed by atoms with E-state index in [1.165, 1.54) is 24.2 Å². The number of rotatable bonds is 18. The van der Waals surface area contributed by atoms with Crippen molar-refractivity contribution in [2.45, 2.75) is 110 Å². The number of hydrogen-bond donors (Lipinski definition) is 4. The maximum absolute atomic E-state index is 14.0. The molecule has 1 aromatic carbocycles. The molecule has 11 heteroatoms. The molecule has 0 spiro atoms. The van der Waals surface area contributed by atoms with Crippen LogP contribution in [0.2, 0.25) is 0 Å². The molecular formula is C36H57N5O5S. The standard InChI is InChI=1S/C36H57N5O5S/c1-8-24(4)32(37-21-28-16-12-13-17-40(28)6)35(44)41(7)30(23(2)3)20-31(42)34-39-29(22-47-34)33(43)38-27(18-25(5)36(45)46)19-26-14-10-9-11-15-26/h9-11,14-15,22-25,27-28,30-32,37,42H,8,12-13,16-21H2,1-7H3,(H,38,43)(H,45,46)/t24-,25-,27+,28?,30+,31+,32-/m0/s1. The van der Waals surface area contributed by atoms with Gasteiger partial charge in [0, 0.05) is 43.5 Å². The molecule has 1 fully saturated rings. The lowest BCUT2D eigenvalue weighted by Gasteiger charge is -2.38. The van der Waals surface area contributed by atoms with Crippen molar-refractivity contribution in [3.8, 4) is 0 Å². The average Bonchev–Trinajstić information content (AvgIpc) is 3.55. The van der Waals surface area contributed by atoms with E-state index in [-0.39, 0.29) is 41.9 Å². The van der Waals surface area contributed by atoms with E-state index >= 15 is 0 Å². The molecule has 2 heterocycles. The molecule has 1 aliphatic heterocycles. The molecule has 47 heavy (non-hydrogen) atoms. The fraction of sp³-hybridized carbons (Fsp3) is 0.667. The second-order valence-electron chi connectivity index (χ2n) is 13.8. The highest BCUT2D eigenvalue weighted by molar-refractivity contribution is 7.09. The van der Waals surface area contributed by atoms with Crippen molar-refractivity contribution in [1.82, 2.24) is 25.4 Å². The summed E-state index contributed by atoms with van der Waals surface area (Å²) in [4.78, 5) is 47.5. The minimum Gasteiger partial charge on any atom is -0.481 e. The number of thiazole rings is 1. The highest BCUT2D eigenvalue weighted by atomic mass is 32.1. The van der Waals surface area contributed by atoms with Crippen molar-refractivity contribution < 1.29 is 24.6 Å². The zero-order valence-corrected chi connectivity index (χ0v) is 30.1. The van der Waals surface area contributed by atoms with Crippen LogP contribution < -0.4 is 10.6 Å². The number of aliphatic hydroxyl groups excluding tert-OH is 1. The molecule has 262 valence electrons. The minimum atomic E-state index is -0.956. The van der Waals surface area contributed by atoms with E-state index in [0.29, 0.717) is 23.9 Å². The number of likely N-dealkylation sites (N-methyl/N-ethyl adjacent to an activating group) is 2. The molecule has 4 N–H and O–H groups in total. The lowest BCUT2D eigenvalue weighted by atomic mass is 9.92. The van der Waals surface area contributed by atoms with Gasteiger partial charge in [-0.25, -0.2) is 4.98 Å². The number of piperidine rings is 1. The molecule has 10 nitrogen and oxygen atoms in total. The number of nitrogens with zero attached hydrogens (tertiary/aromatic N) is 3. The van der Waals surface area contributed by atoms with Crippen LogP contribution in [0.3, 0.4) is 0 Å². The Kier molecular flexibility index (Phi) is 15.3. The van der Waals surface area contributed by atoms with Crippen molar-refractivity contribution in [3.63, 3.8) is 0 Å². The molecule has 0 saturated carbocycles. The molecule has 1 aromatic heterocycles. The molecule has 7 atom stereocenters. The Balaban J connectivity index is 1.68. The Bertz CT molecular complexity index is 1270. The Morgan fingerprint density at radius 1 is 1.11 bits per heavy atom. The number of nitrogens with one attached hydrogen (secondary N) is 2. The van der Waals surface area contributed by atoms with Gasteiger partial charge in [-0.05, 0) is 56.7 Å². The van der Waals surface area contributed by atoms with Crippen LogP contribution >= 0.6 is 11.3 Å². The number of carbonyl (C=O) groups excluding carboxylic acids is 2. The second kappa shape index (κ2) is 18.6. The lowest BCUT2D eigenvalue weighted by Crippen LogP contribution is -2.55. The molecule has 0 bridgehead atoms. The highest BCUT2D eigenvalue weighted by Gasteiger charge is 2.34. The largest absolute Gasteiger partial charge is 0.481 e. The van der Waals surface area contributed by atoms with Crippen LogP contribution in [-0.2, 0) is 16.0 Å². The second-order valence-corrected chi connectivity index (χ2v) is 14.7. The Labute approximate surface area is 285 Å². The number of carboxylic acids is 1. The van der Waals surface area contributed by atoms with E-state index in [9.17, 15) is 24.6 Å². The van der Waals surface area contributed by atoms with Gasteiger partial charge in [-0.2, -0.15) is 0 Å².